The van der Waals surface area contributed by atoms with Gasteiger partial charge in [0, 0.05) is 24.5 Å². The molecule has 1 rings (SSSR count). The van der Waals surface area contributed by atoms with Gasteiger partial charge in [0.15, 0.2) is 0 Å². The molecule has 0 fully saturated rings. The molecule has 0 atom stereocenters. The number of anilines is 2. The van der Waals surface area contributed by atoms with Crippen LogP contribution in [0.2, 0.25) is 0 Å². The van der Waals surface area contributed by atoms with E-state index in [9.17, 15) is 0 Å². The molecular formula is C19H34N2. The van der Waals surface area contributed by atoms with Gasteiger partial charge in [-0.2, -0.15) is 0 Å². The smallest absolute Gasteiger partial charge is 0.0370 e. The molecule has 0 saturated heterocycles. The number of nitrogens with two attached hydrogens (primary N) is 1. The highest BCUT2D eigenvalue weighted by atomic mass is 15.1. The fourth-order valence-corrected chi connectivity index (χ4v) is 2.86. The Morgan fingerprint density at radius 3 is 1.76 bits per heavy atom. The second-order valence-electron chi connectivity index (χ2n) is 6.31. The average molecular weight is 290 g/mol. The van der Waals surface area contributed by atoms with Crippen LogP contribution in [-0.2, 0) is 0 Å². The molecule has 21 heavy (non-hydrogen) atoms. The largest absolute Gasteiger partial charge is 0.399 e. The quantitative estimate of drug-likeness (QED) is 0.629. The summed E-state index contributed by atoms with van der Waals surface area (Å²) in [7, 11) is 0. The van der Waals surface area contributed by atoms with E-state index < -0.39 is 0 Å². The second kappa shape index (κ2) is 8.96. The van der Waals surface area contributed by atoms with Gasteiger partial charge in [-0.05, 0) is 42.5 Å². The van der Waals surface area contributed by atoms with Crippen LogP contribution in [-0.4, -0.2) is 13.1 Å². The Hall–Kier alpha value is -1.18. The number of benzene rings is 1. The Kier molecular flexibility index (Phi) is 7.63. The average Bonchev–Trinajstić information content (AvgIpc) is 2.50. The zero-order valence-electron chi connectivity index (χ0n) is 14.7. The Labute approximate surface area is 131 Å². The number of nitrogen functional groups attached to an aromatic ring is 1. The third-order valence-electron chi connectivity index (χ3n) is 4.89. The summed E-state index contributed by atoms with van der Waals surface area (Å²) in [6, 6.07) is 6.49. The second-order valence-corrected chi connectivity index (χ2v) is 6.31. The van der Waals surface area contributed by atoms with Gasteiger partial charge in [0.05, 0.1) is 0 Å². The molecule has 0 spiro atoms. The molecule has 2 heteroatoms. The molecule has 1 aromatic carbocycles. The van der Waals surface area contributed by atoms with E-state index in [1.165, 1.54) is 36.9 Å². The summed E-state index contributed by atoms with van der Waals surface area (Å²) in [4.78, 5) is 2.59. The van der Waals surface area contributed by atoms with Gasteiger partial charge in [-0.1, -0.05) is 53.4 Å². The lowest BCUT2D eigenvalue weighted by molar-refractivity contribution is 0.434. The fourth-order valence-electron chi connectivity index (χ4n) is 2.86. The normalized spacial score (nSPS) is 11.4. The van der Waals surface area contributed by atoms with Crippen LogP contribution >= 0.6 is 0 Å². The van der Waals surface area contributed by atoms with Crippen LogP contribution in [0.15, 0.2) is 18.2 Å². The molecule has 0 amide bonds. The van der Waals surface area contributed by atoms with Gasteiger partial charge in [-0.3, -0.25) is 0 Å². The number of aryl methyl sites for hydroxylation is 1. The first-order valence-electron chi connectivity index (χ1n) is 8.66. The van der Waals surface area contributed by atoms with E-state index in [4.69, 9.17) is 5.73 Å². The number of nitrogens with zero attached hydrogens (tertiary/aromatic N) is 1. The van der Waals surface area contributed by atoms with E-state index >= 15 is 0 Å². The highest BCUT2D eigenvalue weighted by Gasteiger charge is 2.16. The first-order chi connectivity index (χ1) is 10.0. The summed E-state index contributed by atoms with van der Waals surface area (Å²) in [6.45, 7) is 13.6. The van der Waals surface area contributed by atoms with E-state index in [2.05, 4.69) is 57.7 Å². The van der Waals surface area contributed by atoms with Gasteiger partial charge in [-0.15, -0.1) is 0 Å². The van der Waals surface area contributed by atoms with Crippen LogP contribution in [0, 0.1) is 18.8 Å². The summed E-state index contributed by atoms with van der Waals surface area (Å²) in [5, 5.41) is 0. The Morgan fingerprint density at radius 2 is 1.38 bits per heavy atom. The Balaban J connectivity index is 2.95. The minimum atomic E-state index is 0.775. The molecule has 0 aromatic heterocycles. The van der Waals surface area contributed by atoms with E-state index in [1.807, 2.05) is 0 Å². The molecule has 0 bridgehead atoms. The van der Waals surface area contributed by atoms with E-state index in [0.717, 1.165) is 30.6 Å². The molecule has 0 unspecified atom stereocenters. The van der Waals surface area contributed by atoms with Crippen LogP contribution < -0.4 is 10.6 Å². The summed E-state index contributed by atoms with van der Waals surface area (Å²) < 4.78 is 0. The number of hydrogen-bond donors (Lipinski definition) is 1. The van der Waals surface area contributed by atoms with Crippen LogP contribution in [0.5, 0.6) is 0 Å². The van der Waals surface area contributed by atoms with Crippen molar-refractivity contribution in [2.75, 3.05) is 23.7 Å². The summed E-state index contributed by atoms with van der Waals surface area (Å²) in [6.07, 6.45) is 5.02. The van der Waals surface area contributed by atoms with Crippen molar-refractivity contribution in [3.63, 3.8) is 0 Å². The fraction of sp³-hybridized carbons (Fsp3) is 0.684. The van der Waals surface area contributed by atoms with Crippen LogP contribution in [0.3, 0.4) is 0 Å². The van der Waals surface area contributed by atoms with Crippen LogP contribution in [0.1, 0.15) is 58.9 Å². The maximum atomic E-state index is 5.98. The molecule has 2 nitrogen and oxygen atoms in total. The number of rotatable bonds is 9. The minimum Gasteiger partial charge on any atom is -0.399 e. The van der Waals surface area contributed by atoms with Gasteiger partial charge in [0.25, 0.3) is 0 Å². The van der Waals surface area contributed by atoms with Gasteiger partial charge in [0.1, 0.15) is 0 Å². The lowest BCUT2D eigenvalue weighted by Crippen LogP contribution is -2.33. The molecule has 0 saturated carbocycles. The maximum Gasteiger partial charge on any atom is 0.0370 e. The monoisotopic (exact) mass is 290 g/mol. The zero-order chi connectivity index (χ0) is 15.8. The molecule has 2 N–H and O–H groups in total. The van der Waals surface area contributed by atoms with Gasteiger partial charge >= 0.3 is 0 Å². The van der Waals surface area contributed by atoms with Crippen molar-refractivity contribution in [2.45, 2.75) is 60.3 Å². The lowest BCUT2D eigenvalue weighted by Gasteiger charge is -2.32. The highest BCUT2D eigenvalue weighted by molar-refractivity contribution is 5.58. The minimum absolute atomic E-state index is 0.775. The van der Waals surface area contributed by atoms with Crippen molar-refractivity contribution in [3.05, 3.63) is 23.8 Å². The lowest BCUT2D eigenvalue weighted by atomic mass is 9.98. The summed E-state index contributed by atoms with van der Waals surface area (Å²) >= 11 is 0. The van der Waals surface area contributed by atoms with Crippen LogP contribution in [0.4, 0.5) is 11.4 Å². The van der Waals surface area contributed by atoms with Crippen molar-refractivity contribution in [3.8, 4) is 0 Å². The number of hydrogen-bond acceptors (Lipinski definition) is 2. The molecule has 120 valence electrons. The topological polar surface area (TPSA) is 29.3 Å². The maximum absolute atomic E-state index is 5.98. The Bertz CT molecular complexity index is 392. The zero-order valence-corrected chi connectivity index (χ0v) is 14.7. The molecule has 0 aliphatic heterocycles. The first-order valence-corrected chi connectivity index (χ1v) is 8.66. The van der Waals surface area contributed by atoms with Crippen molar-refractivity contribution < 1.29 is 0 Å². The van der Waals surface area contributed by atoms with E-state index in [-0.39, 0.29) is 0 Å². The van der Waals surface area contributed by atoms with E-state index in [0.29, 0.717) is 0 Å². The third kappa shape index (κ3) is 5.26. The highest BCUT2D eigenvalue weighted by Crippen LogP contribution is 2.25. The Morgan fingerprint density at radius 1 is 0.905 bits per heavy atom. The van der Waals surface area contributed by atoms with Crippen molar-refractivity contribution in [1.29, 1.82) is 0 Å². The first kappa shape index (κ1) is 17.9. The van der Waals surface area contributed by atoms with Crippen LogP contribution in [0.25, 0.3) is 0 Å². The standard InChI is InChI=1S/C19H34N2/c1-6-16(7-2)13-21(14-17(8-3)9-4)18-10-11-19(20)15(5)12-18/h10-12,16-17H,6-9,13-14,20H2,1-5H3. The third-order valence-corrected chi connectivity index (χ3v) is 4.89. The predicted octanol–water partition coefficient (Wildman–Crippen LogP) is 5.26. The predicted molar refractivity (Wildman–Crippen MR) is 95.9 cm³/mol. The van der Waals surface area contributed by atoms with Gasteiger partial charge < -0.3 is 10.6 Å². The SMILES string of the molecule is CCC(CC)CN(CC(CC)CC)c1ccc(N)c(C)c1. The molecular weight excluding hydrogens is 256 g/mol. The van der Waals surface area contributed by atoms with Crippen molar-refractivity contribution in [1.82, 2.24) is 0 Å². The molecule has 0 heterocycles. The summed E-state index contributed by atoms with van der Waals surface area (Å²) in [5.74, 6) is 1.55. The molecule has 1 aromatic rings. The molecule has 0 aliphatic rings. The molecule has 0 radical (unpaired) electrons. The van der Waals surface area contributed by atoms with E-state index in [1.54, 1.807) is 0 Å². The molecule has 0 aliphatic carbocycles. The van der Waals surface area contributed by atoms with Crippen molar-refractivity contribution >= 4 is 11.4 Å². The van der Waals surface area contributed by atoms with Gasteiger partial charge in [-0.25, -0.2) is 0 Å². The van der Waals surface area contributed by atoms with Gasteiger partial charge in [0.2, 0.25) is 0 Å². The van der Waals surface area contributed by atoms with Crippen molar-refractivity contribution in [2.24, 2.45) is 11.8 Å². The summed E-state index contributed by atoms with van der Waals surface area (Å²) in [5.41, 5.74) is 9.39.